The number of benzene rings is 1. The number of rotatable bonds is 16. The zero-order valence-electron chi connectivity index (χ0n) is 24.5. The Morgan fingerprint density at radius 1 is 1.15 bits per heavy atom. The van der Waals surface area contributed by atoms with Gasteiger partial charge in [-0.3, -0.25) is 14.4 Å². The van der Waals surface area contributed by atoms with E-state index in [9.17, 15) is 9.59 Å². The first-order chi connectivity index (χ1) is 20.0. The van der Waals surface area contributed by atoms with Crippen LogP contribution in [-0.4, -0.2) is 102 Å². The molecule has 1 fully saturated rings. The number of nitrogens with zero attached hydrogens (tertiary/aromatic N) is 5. The molecule has 2 aromatic heterocycles. The fourth-order valence-corrected chi connectivity index (χ4v) is 5.01. The number of anilines is 1. The molecule has 0 unspecified atom stereocenters. The van der Waals surface area contributed by atoms with Crippen LogP contribution in [0.2, 0.25) is 0 Å². The van der Waals surface area contributed by atoms with Crippen molar-refractivity contribution in [1.29, 1.82) is 0 Å². The van der Waals surface area contributed by atoms with E-state index in [2.05, 4.69) is 37.0 Å². The monoisotopic (exact) mass is 569 g/mol. The van der Waals surface area contributed by atoms with Crippen LogP contribution in [0.3, 0.4) is 0 Å². The lowest BCUT2D eigenvalue weighted by atomic mass is 10.1. The Kier molecular flexibility index (Phi) is 11.5. The summed E-state index contributed by atoms with van der Waals surface area (Å²) in [6, 6.07) is 7.84. The van der Waals surface area contributed by atoms with Crippen LogP contribution in [0.5, 0.6) is 6.01 Å². The van der Waals surface area contributed by atoms with Gasteiger partial charge in [0.2, 0.25) is 0 Å². The lowest BCUT2D eigenvalue weighted by Crippen LogP contribution is -2.38. The fourth-order valence-electron chi connectivity index (χ4n) is 5.01. The minimum absolute atomic E-state index is 0.221. The highest BCUT2D eigenvalue weighted by molar-refractivity contribution is 5.89. The number of carbonyl (C=O) groups excluding carboxylic acids is 1. The summed E-state index contributed by atoms with van der Waals surface area (Å²) in [7, 11) is 3.15. The number of fused-ring (bicyclic) bond motifs is 1. The molecule has 3 aromatic rings. The number of morpholine rings is 1. The van der Waals surface area contributed by atoms with Crippen LogP contribution in [0, 0.1) is 0 Å². The van der Waals surface area contributed by atoms with Crippen LogP contribution < -0.4 is 15.7 Å². The lowest BCUT2D eigenvalue weighted by Gasteiger charge is -2.28. The Morgan fingerprint density at radius 2 is 1.93 bits per heavy atom. The Morgan fingerprint density at radius 3 is 2.66 bits per heavy atom. The van der Waals surface area contributed by atoms with E-state index in [0.29, 0.717) is 42.2 Å². The highest BCUT2D eigenvalue weighted by Gasteiger charge is 2.17. The maximum atomic E-state index is 12.9. The number of ether oxygens (including phenoxy) is 3. The van der Waals surface area contributed by atoms with Crippen molar-refractivity contribution in [3.63, 3.8) is 0 Å². The molecule has 12 heteroatoms. The Labute approximate surface area is 241 Å². The van der Waals surface area contributed by atoms with Crippen LogP contribution >= 0.6 is 0 Å². The number of imidazole rings is 1. The highest BCUT2D eigenvalue weighted by Crippen LogP contribution is 2.20. The number of aryl methyl sites for hydroxylation is 1. The second-order valence-corrected chi connectivity index (χ2v) is 10.2. The number of hydrogen-bond acceptors (Lipinski definition) is 10. The third-order valence-corrected chi connectivity index (χ3v) is 7.23. The van der Waals surface area contributed by atoms with E-state index in [0.717, 1.165) is 77.2 Å². The number of nitrogens with one attached hydrogen (secondary N) is 2. The van der Waals surface area contributed by atoms with Gasteiger partial charge in [-0.2, -0.15) is 9.97 Å². The molecule has 0 spiro atoms. The van der Waals surface area contributed by atoms with Gasteiger partial charge < -0.3 is 24.5 Å². The molecule has 41 heavy (non-hydrogen) atoms. The molecule has 0 saturated carbocycles. The predicted octanol–water partition coefficient (Wildman–Crippen LogP) is 2.74. The van der Waals surface area contributed by atoms with Crippen molar-refractivity contribution < 1.29 is 19.0 Å². The summed E-state index contributed by atoms with van der Waals surface area (Å²) >= 11 is 0. The average Bonchev–Trinajstić information content (AvgIpc) is 3.31. The van der Waals surface area contributed by atoms with E-state index < -0.39 is 0 Å². The number of unbranched alkanes of at least 4 members (excludes halogenated alkanes) is 1. The van der Waals surface area contributed by atoms with Crippen LogP contribution in [0.4, 0.5) is 5.82 Å². The van der Waals surface area contributed by atoms with Gasteiger partial charge in [-0.25, -0.2) is 9.59 Å². The van der Waals surface area contributed by atoms with Crippen molar-refractivity contribution in [2.45, 2.75) is 45.7 Å². The molecular weight excluding hydrogens is 526 g/mol. The van der Waals surface area contributed by atoms with Crippen LogP contribution in [0.15, 0.2) is 29.1 Å². The molecule has 224 valence electrons. The number of esters is 1. The molecule has 4 rings (SSSR count). The highest BCUT2D eigenvalue weighted by atomic mass is 16.5. The van der Waals surface area contributed by atoms with Gasteiger partial charge in [-0.05, 0) is 50.0 Å². The number of H-pyrrole nitrogens is 1. The fraction of sp³-hybridized carbons (Fsp3) is 0.586. The van der Waals surface area contributed by atoms with Crippen LogP contribution in [-0.2, 0) is 22.6 Å². The molecule has 3 heterocycles. The zero-order valence-corrected chi connectivity index (χ0v) is 24.5. The van der Waals surface area contributed by atoms with Crippen molar-refractivity contribution in [2.24, 2.45) is 0 Å². The molecule has 12 nitrogen and oxygen atoms in total. The Bertz CT molecular complexity index is 1320. The number of aromatic amines is 1. The van der Waals surface area contributed by atoms with Gasteiger partial charge in [0.05, 0.1) is 32.5 Å². The van der Waals surface area contributed by atoms with Gasteiger partial charge in [-0.1, -0.05) is 25.5 Å². The summed E-state index contributed by atoms with van der Waals surface area (Å²) in [5.41, 5.74) is 2.47. The summed E-state index contributed by atoms with van der Waals surface area (Å²) in [5.74, 6) is 0.193. The summed E-state index contributed by atoms with van der Waals surface area (Å²) < 4.78 is 17.8. The summed E-state index contributed by atoms with van der Waals surface area (Å²) in [5, 5.41) is 3.04. The molecule has 0 bridgehead atoms. The van der Waals surface area contributed by atoms with E-state index in [1.165, 1.54) is 7.11 Å². The molecule has 0 atom stereocenters. The first kappa shape index (κ1) is 30.5. The largest absolute Gasteiger partial charge is 0.465 e. The number of aromatic nitrogens is 4. The summed E-state index contributed by atoms with van der Waals surface area (Å²) in [6.45, 7) is 9.98. The maximum absolute atomic E-state index is 12.9. The minimum atomic E-state index is -0.342. The molecule has 1 aliphatic heterocycles. The molecule has 2 N–H and O–H groups in total. The van der Waals surface area contributed by atoms with E-state index >= 15 is 0 Å². The third kappa shape index (κ3) is 8.51. The maximum Gasteiger partial charge on any atom is 0.337 e. The average molecular weight is 570 g/mol. The van der Waals surface area contributed by atoms with Gasteiger partial charge in [0.25, 0.3) is 0 Å². The summed E-state index contributed by atoms with van der Waals surface area (Å²) in [6.07, 6.45) is 3.67. The predicted molar refractivity (Wildman–Crippen MR) is 158 cm³/mol. The lowest BCUT2D eigenvalue weighted by molar-refractivity contribution is 0.0359. The second kappa shape index (κ2) is 15.5. The van der Waals surface area contributed by atoms with E-state index in [4.69, 9.17) is 14.2 Å². The van der Waals surface area contributed by atoms with Gasteiger partial charge in [0.15, 0.2) is 11.5 Å². The second-order valence-electron chi connectivity index (χ2n) is 10.2. The van der Waals surface area contributed by atoms with E-state index in [1.807, 2.05) is 18.2 Å². The van der Waals surface area contributed by atoms with E-state index in [1.54, 1.807) is 17.7 Å². The number of hydrogen-bond donors (Lipinski definition) is 2. The number of carbonyl (C=O) groups is 1. The Balaban J connectivity index is 1.45. The molecule has 1 saturated heterocycles. The van der Waals surface area contributed by atoms with Crippen molar-refractivity contribution in [3.05, 3.63) is 45.9 Å². The van der Waals surface area contributed by atoms with Crippen LogP contribution in [0.1, 0.15) is 48.5 Å². The molecule has 0 amide bonds. The van der Waals surface area contributed by atoms with E-state index in [-0.39, 0.29) is 17.7 Å². The van der Waals surface area contributed by atoms with Gasteiger partial charge in [0.1, 0.15) is 5.52 Å². The Hall–Kier alpha value is -3.48. The smallest absolute Gasteiger partial charge is 0.337 e. The standard InChI is InChI=1S/C29H43N7O5/c1-4-5-17-41-28-32-25(30-2)24-26(33-28)36(29(38)31-24)14-8-13-35(12-7-11-34-15-18-40-19-16-34)21-22-9-6-10-23(20-22)27(37)39-3/h6,9-10,20H,4-5,7-8,11-19,21H2,1-3H3,(H,31,38)(H,30,32,33). The van der Waals surface area contributed by atoms with Crippen molar-refractivity contribution >= 4 is 23.0 Å². The van der Waals surface area contributed by atoms with Crippen molar-refractivity contribution in [1.82, 2.24) is 29.3 Å². The molecule has 1 aromatic carbocycles. The van der Waals surface area contributed by atoms with Crippen LogP contribution in [0.25, 0.3) is 11.2 Å². The van der Waals surface area contributed by atoms with Gasteiger partial charge >= 0.3 is 17.7 Å². The van der Waals surface area contributed by atoms with Gasteiger partial charge in [0, 0.05) is 39.8 Å². The summed E-state index contributed by atoms with van der Waals surface area (Å²) in [4.78, 5) is 41.7. The minimum Gasteiger partial charge on any atom is -0.465 e. The molecule has 0 radical (unpaired) electrons. The zero-order chi connectivity index (χ0) is 29.0. The number of methoxy groups -OCH3 is 1. The topological polar surface area (TPSA) is 127 Å². The SMILES string of the molecule is CCCCOc1nc(NC)c2[nH]c(=O)n(CCCN(CCCN3CCOCC3)Cc3cccc(C(=O)OC)c3)c2n1. The quantitative estimate of drug-likeness (QED) is 0.196. The van der Waals surface area contributed by atoms with Gasteiger partial charge in [-0.15, -0.1) is 0 Å². The van der Waals surface area contributed by atoms with Crippen molar-refractivity contribution in [3.8, 4) is 6.01 Å². The molecular formula is C29H43N7O5. The molecule has 0 aliphatic carbocycles. The first-order valence-electron chi connectivity index (χ1n) is 14.5. The molecule has 1 aliphatic rings. The normalized spacial score (nSPS) is 14.0. The van der Waals surface area contributed by atoms with Crippen molar-refractivity contribution in [2.75, 3.05) is 72.0 Å². The first-order valence-corrected chi connectivity index (χ1v) is 14.5. The third-order valence-electron chi connectivity index (χ3n) is 7.23.